The van der Waals surface area contributed by atoms with Gasteiger partial charge in [0.05, 0.1) is 18.3 Å². The number of rotatable bonds is 2. The van der Waals surface area contributed by atoms with Crippen molar-refractivity contribution in [2.45, 2.75) is 12.6 Å². The molecule has 0 fully saturated rings. The van der Waals surface area contributed by atoms with Gasteiger partial charge in [0.1, 0.15) is 11.6 Å². The molecule has 0 aliphatic carbocycles. The number of carbonyl (C=O) groups is 1. The quantitative estimate of drug-likeness (QED) is 0.333. The van der Waals surface area contributed by atoms with Crippen molar-refractivity contribution in [3.8, 4) is 5.69 Å². The minimum absolute atomic E-state index is 0.267. The zero-order valence-electron chi connectivity index (χ0n) is 16.8. The molecule has 32 heavy (non-hydrogen) atoms. The topological polar surface area (TPSA) is 37.3 Å². The molecule has 0 radical (unpaired) electrons. The van der Waals surface area contributed by atoms with E-state index >= 15 is 0 Å². The molecule has 5 rings (SSSR count). The van der Waals surface area contributed by atoms with Gasteiger partial charge >= 0.3 is 6.03 Å². The van der Waals surface area contributed by atoms with Gasteiger partial charge in [0, 0.05) is 28.1 Å². The summed E-state index contributed by atoms with van der Waals surface area (Å²) in [5, 5.41) is 2.92. The lowest BCUT2D eigenvalue weighted by molar-refractivity contribution is 0.194. The van der Waals surface area contributed by atoms with Crippen LogP contribution in [0.1, 0.15) is 22.9 Å². The highest BCUT2D eigenvalue weighted by molar-refractivity contribution is 9.10. The first-order chi connectivity index (χ1) is 15.5. The second kappa shape index (κ2) is 8.24. The molecule has 1 aromatic heterocycles. The van der Waals surface area contributed by atoms with Crippen molar-refractivity contribution in [1.29, 1.82) is 0 Å². The Morgan fingerprint density at radius 1 is 0.938 bits per heavy atom. The number of carbonyl (C=O) groups excluding carboxylic acids is 1. The van der Waals surface area contributed by atoms with E-state index < -0.39 is 17.7 Å². The monoisotopic (exact) mass is 493 g/mol. The Morgan fingerprint density at radius 2 is 1.66 bits per heavy atom. The summed E-state index contributed by atoms with van der Waals surface area (Å²) in [6, 6.07) is 21.1. The minimum Gasteiger partial charge on any atom is -0.318 e. The van der Waals surface area contributed by atoms with Gasteiger partial charge in [-0.25, -0.2) is 13.6 Å². The number of urea groups is 1. The van der Waals surface area contributed by atoms with E-state index in [-0.39, 0.29) is 12.6 Å². The SMILES string of the molecule is O=C(Nc1ccc(Br)cc1)N1Cc2ccccc2-n2cccc2[C@@H]1c1cc(F)cc(F)c1. The number of hydrogen-bond acceptors (Lipinski definition) is 1. The molecular formula is C25H18BrF2N3O. The Balaban J connectivity index is 1.65. The van der Waals surface area contributed by atoms with E-state index in [1.165, 1.54) is 12.1 Å². The average Bonchev–Trinajstić information content (AvgIpc) is 3.18. The van der Waals surface area contributed by atoms with Gasteiger partial charge < -0.3 is 14.8 Å². The first kappa shape index (κ1) is 20.5. The highest BCUT2D eigenvalue weighted by Crippen LogP contribution is 2.37. The Kier molecular flexibility index (Phi) is 5.27. The number of nitrogens with zero attached hydrogens (tertiary/aromatic N) is 2. The van der Waals surface area contributed by atoms with Crippen LogP contribution in [0, 0.1) is 11.6 Å². The summed E-state index contributed by atoms with van der Waals surface area (Å²) in [4.78, 5) is 15.1. The Bertz CT molecular complexity index is 1280. The number of anilines is 1. The maximum Gasteiger partial charge on any atom is 0.322 e. The van der Waals surface area contributed by atoms with Gasteiger partial charge in [-0.15, -0.1) is 0 Å². The maximum absolute atomic E-state index is 14.2. The third-order valence-electron chi connectivity index (χ3n) is 5.52. The van der Waals surface area contributed by atoms with Crippen LogP contribution in [0.3, 0.4) is 0 Å². The van der Waals surface area contributed by atoms with Crippen molar-refractivity contribution in [3.63, 3.8) is 0 Å². The first-order valence-corrected chi connectivity index (χ1v) is 10.8. The minimum atomic E-state index is -0.696. The second-order valence-corrected chi connectivity index (χ2v) is 8.52. The van der Waals surface area contributed by atoms with Crippen LogP contribution >= 0.6 is 15.9 Å². The Morgan fingerprint density at radius 3 is 2.41 bits per heavy atom. The largest absolute Gasteiger partial charge is 0.322 e. The van der Waals surface area contributed by atoms with E-state index in [0.29, 0.717) is 11.3 Å². The molecule has 1 aliphatic rings. The van der Waals surface area contributed by atoms with Crippen LogP contribution < -0.4 is 5.32 Å². The third kappa shape index (κ3) is 3.80. The third-order valence-corrected chi connectivity index (χ3v) is 6.05. The Labute approximate surface area is 192 Å². The number of hydrogen-bond donors (Lipinski definition) is 1. The highest BCUT2D eigenvalue weighted by atomic mass is 79.9. The number of aromatic nitrogens is 1. The molecule has 1 aliphatic heterocycles. The van der Waals surface area contributed by atoms with Gasteiger partial charge in [0.2, 0.25) is 0 Å². The molecule has 2 amide bonds. The van der Waals surface area contributed by atoms with E-state index in [9.17, 15) is 13.6 Å². The molecule has 0 saturated heterocycles. The van der Waals surface area contributed by atoms with Gasteiger partial charge in [-0.1, -0.05) is 34.1 Å². The number of amides is 2. The fourth-order valence-corrected chi connectivity index (χ4v) is 4.42. The molecule has 7 heteroatoms. The van der Waals surface area contributed by atoms with Crippen LogP contribution in [0.4, 0.5) is 19.3 Å². The van der Waals surface area contributed by atoms with Crippen molar-refractivity contribution in [2.24, 2.45) is 0 Å². The van der Waals surface area contributed by atoms with Gasteiger partial charge in [0.25, 0.3) is 0 Å². The predicted octanol–water partition coefficient (Wildman–Crippen LogP) is 6.66. The number of nitrogens with one attached hydrogen (secondary N) is 1. The molecular weight excluding hydrogens is 476 g/mol. The molecule has 1 atom stereocenters. The van der Waals surface area contributed by atoms with Crippen molar-refractivity contribution in [3.05, 3.63) is 118 Å². The van der Waals surface area contributed by atoms with Crippen molar-refractivity contribution >= 4 is 27.6 Å². The molecule has 4 nitrogen and oxygen atoms in total. The summed E-state index contributed by atoms with van der Waals surface area (Å²) in [6.45, 7) is 0.267. The summed E-state index contributed by atoms with van der Waals surface area (Å²) in [5.74, 6) is -1.37. The van der Waals surface area contributed by atoms with Crippen molar-refractivity contribution in [2.75, 3.05) is 5.32 Å². The lowest BCUT2D eigenvalue weighted by atomic mass is 10.0. The van der Waals surface area contributed by atoms with Gasteiger partial charge in [-0.05, 0) is 65.7 Å². The molecule has 160 valence electrons. The fourth-order valence-electron chi connectivity index (χ4n) is 4.15. The smallest absolute Gasteiger partial charge is 0.318 e. The normalized spacial score (nSPS) is 15.0. The van der Waals surface area contributed by atoms with Crippen LogP contribution in [0.2, 0.25) is 0 Å². The molecule has 0 spiro atoms. The predicted molar refractivity (Wildman–Crippen MR) is 123 cm³/mol. The van der Waals surface area contributed by atoms with Crippen LogP contribution in [0.25, 0.3) is 5.69 Å². The fraction of sp³-hybridized carbons (Fsp3) is 0.0800. The van der Waals surface area contributed by atoms with E-state index in [1.807, 2.05) is 59.3 Å². The molecule has 2 heterocycles. The van der Waals surface area contributed by atoms with Crippen LogP contribution in [0.15, 0.2) is 89.5 Å². The van der Waals surface area contributed by atoms with Gasteiger partial charge in [-0.3, -0.25) is 0 Å². The van der Waals surface area contributed by atoms with Gasteiger partial charge in [0.15, 0.2) is 0 Å². The van der Waals surface area contributed by atoms with Crippen LogP contribution in [-0.2, 0) is 6.54 Å². The van der Waals surface area contributed by atoms with E-state index in [0.717, 1.165) is 27.5 Å². The number of halogens is 3. The summed E-state index contributed by atoms with van der Waals surface area (Å²) in [7, 11) is 0. The van der Waals surface area contributed by atoms with E-state index in [1.54, 1.807) is 17.0 Å². The molecule has 0 saturated carbocycles. The van der Waals surface area contributed by atoms with Crippen LogP contribution in [0.5, 0.6) is 0 Å². The molecule has 0 bridgehead atoms. The molecule has 1 N–H and O–H groups in total. The average molecular weight is 494 g/mol. The Hall–Kier alpha value is -3.45. The van der Waals surface area contributed by atoms with E-state index in [4.69, 9.17) is 0 Å². The summed E-state index contributed by atoms with van der Waals surface area (Å²) in [5.41, 5.74) is 3.58. The zero-order valence-corrected chi connectivity index (χ0v) is 18.4. The number of para-hydroxylation sites is 1. The van der Waals surface area contributed by atoms with Crippen molar-refractivity contribution in [1.82, 2.24) is 9.47 Å². The summed E-state index contributed by atoms with van der Waals surface area (Å²) in [6.07, 6.45) is 1.90. The highest BCUT2D eigenvalue weighted by Gasteiger charge is 2.33. The second-order valence-electron chi connectivity index (χ2n) is 7.60. The van der Waals surface area contributed by atoms with E-state index in [2.05, 4.69) is 21.2 Å². The molecule has 0 unspecified atom stereocenters. The van der Waals surface area contributed by atoms with Crippen LogP contribution in [-0.4, -0.2) is 15.5 Å². The zero-order chi connectivity index (χ0) is 22.2. The van der Waals surface area contributed by atoms with Crippen molar-refractivity contribution < 1.29 is 13.6 Å². The lowest BCUT2D eigenvalue weighted by Crippen LogP contribution is -2.38. The first-order valence-electron chi connectivity index (χ1n) is 10.0. The standard InChI is InChI=1S/C25H18BrF2N3O/c26-18-7-9-21(10-8-18)29-25(32)31-15-16-4-1-2-5-22(16)30-11-3-6-23(30)24(31)17-12-19(27)14-20(28)13-17/h1-14,24H,15H2,(H,29,32)/t24-/m0/s1. The van der Waals surface area contributed by atoms with Gasteiger partial charge in [-0.2, -0.15) is 0 Å². The number of fused-ring (bicyclic) bond motifs is 3. The maximum atomic E-state index is 14.2. The lowest BCUT2D eigenvalue weighted by Gasteiger charge is -2.31. The molecule has 3 aromatic carbocycles. The molecule has 4 aromatic rings. The summed E-state index contributed by atoms with van der Waals surface area (Å²) >= 11 is 3.39. The number of benzene rings is 3. The summed E-state index contributed by atoms with van der Waals surface area (Å²) < 4.78 is 31.2.